The zero-order valence-corrected chi connectivity index (χ0v) is 17.0. The number of aromatic nitrogens is 4. The minimum atomic E-state index is -2.89. The predicted molar refractivity (Wildman–Crippen MR) is 108 cm³/mol. The van der Waals surface area contributed by atoms with Gasteiger partial charge in [-0.05, 0) is 48.9 Å². The van der Waals surface area contributed by atoms with E-state index in [1.165, 1.54) is 12.1 Å². The normalized spacial score (nSPS) is 12.3. The molecule has 0 N–H and O–H groups in total. The minimum absolute atomic E-state index is 0.0500. The lowest BCUT2D eigenvalue weighted by Crippen LogP contribution is -2.07. The van der Waals surface area contributed by atoms with Gasteiger partial charge in [0.15, 0.2) is 11.5 Å². The topological polar surface area (TPSA) is 61.5 Å². The van der Waals surface area contributed by atoms with Crippen molar-refractivity contribution in [2.24, 2.45) is 0 Å². The first-order valence-corrected chi connectivity index (χ1v) is 9.54. The van der Waals surface area contributed by atoms with Crippen molar-refractivity contribution in [3.63, 3.8) is 0 Å². The molecular weight excluding hydrogens is 437 g/mol. The first-order chi connectivity index (χ1) is 14.4. The van der Waals surface area contributed by atoms with E-state index in [2.05, 4.69) is 19.9 Å². The number of hydrogen-bond acceptors (Lipinski definition) is 5. The summed E-state index contributed by atoms with van der Waals surface area (Å²) in [5.41, 5.74) is 1.93. The standard InChI is InChI=1S/C20H14Cl2F2N4O2/c1-11(13-4-7-15(21)16(22)8-13)29-18-10-25-9-17-26-27-19(28(17)18)12-2-5-14(6-3-12)30-20(23)24/h2-11,20H,1H3. The van der Waals surface area contributed by atoms with Crippen LogP contribution in [0.25, 0.3) is 17.0 Å². The Hall–Kier alpha value is -2.97. The molecule has 0 saturated carbocycles. The van der Waals surface area contributed by atoms with Gasteiger partial charge in [-0.3, -0.25) is 4.98 Å². The molecule has 0 fully saturated rings. The molecule has 2 heterocycles. The lowest BCUT2D eigenvalue weighted by atomic mass is 10.1. The summed E-state index contributed by atoms with van der Waals surface area (Å²) < 4.78 is 36.9. The van der Waals surface area contributed by atoms with Crippen molar-refractivity contribution in [3.8, 4) is 23.0 Å². The van der Waals surface area contributed by atoms with Crippen LogP contribution in [0, 0.1) is 0 Å². The number of halogens is 4. The highest BCUT2D eigenvalue weighted by Crippen LogP contribution is 2.30. The number of nitrogens with zero attached hydrogens (tertiary/aromatic N) is 4. The maximum atomic E-state index is 12.4. The second kappa shape index (κ2) is 8.41. The first-order valence-electron chi connectivity index (χ1n) is 8.78. The van der Waals surface area contributed by atoms with Crippen molar-refractivity contribution >= 4 is 28.8 Å². The van der Waals surface area contributed by atoms with Crippen molar-refractivity contribution in [1.82, 2.24) is 19.6 Å². The highest BCUT2D eigenvalue weighted by atomic mass is 35.5. The van der Waals surface area contributed by atoms with Crippen LogP contribution in [0.4, 0.5) is 8.78 Å². The van der Waals surface area contributed by atoms with Gasteiger partial charge in [0, 0.05) is 5.56 Å². The number of rotatable bonds is 6. The molecule has 2 aromatic carbocycles. The Morgan fingerprint density at radius 2 is 1.70 bits per heavy atom. The number of ether oxygens (including phenoxy) is 2. The molecule has 0 aliphatic carbocycles. The lowest BCUT2D eigenvalue weighted by molar-refractivity contribution is -0.0498. The molecule has 2 aromatic heterocycles. The van der Waals surface area contributed by atoms with E-state index in [9.17, 15) is 8.78 Å². The molecule has 0 saturated heterocycles. The summed E-state index contributed by atoms with van der Waals surface area (Å²) in [7, 11) is 0. The summed E-state index contributed by atoms with van der Waals surface area (Å²) in [6.07, 6.45) is 2.72. The molecule has 10 heteroatoms. The monoisotopic (exact) mass is 450 g/mol. The largest absolute Gasteiger partial charge is 0.470 e. The van der Waals surface area contributed by atoms with Gasteiger partial charge >= 0.3 is 6.61 Å². The molecule has 6 nitrogen and oxygen atoms in total. The Kier molecular flexibility index (Phi) is 5.69. The van der Waals surface area contributed by atoms with Crippen molar-refractivity contribution < 1.29 is 18.3 Å². The highest BCUT2D eigenvalue weighted by Gasteiger charge is 2.17. The van der Waals surface area contributed by atoms with Crippen LogP contribution in [-0.4, -0.2) is 26.2 Å². The van der Waals surface area contributed by atoms with E-state index in [1.54, 1.807) is 41.1 Å². The van der Waals surface area contributed by atoms with Crippen LogP contribution in [0.15, 0.2) is 54.9 Å². The lowest BCUT2D eigenvalue weighted by Gasteiger charge is -2.17. The average Bonchev–Trinajstić information content (AvgIpc) is 3.15. The van der Waals surface area contributed by atoms with E-state index in [4.69, 9.17) is 27.9 Å². The molecule has 0 aliphatic heterocycles. The van der Waals surface area contributed by atoms with Crippen LogP contribution >= 0.6 is 23.2 Å². The molecule has 1 atom stereocenters. The molecule has 4 aromatic rings. The summed E-state index contributed by atoms with van der Waals surface area (Å²) in [6.45, 7) is -1.03. The molecule has 1 unspecified atom stereocenters. The van der Waals surface area contributed by atoms with Crippen molar-refractivity contribution in [2.45, 2.75) is 19.6 Å². The fourth-order valence-corrected chi connectivity index (χ4v) is 3.20. The van der Waals surface area contributed by atoms with E-state index < -0.39 is 6.61 Å². The van der Waals surface area contributed by atoms with Gasteiger partial charge in [-0.25, -0.2) is 4.40 Å². The van der Waals surface area contributed by atoms with Gasteiger partial charge < -0.3 is 9.47 Å². The summed E-state index contributed by atoms with van der Waals surface area (Å²) in [5.74, 6) is 0.917. The van der Waals surface area contributed by atoms with Gasteiger partial charge in [-0.2, -0.15) is 8.78 Å². The summed E-state index contributed by atoms with van der Waals surface area (Å²) >= 11 is 12.1. The summed E-state index contributed by atoms with van der Waals surface area (Å²) in [4.78, 5) is 4.15. The molecular formula is C20H14Cl2F2N4O2. The van der Waals surface area contributed by atoms with Crippen molar-refractivity contribution in [3.05, 3.63) is 70.5 Å². The maximum absolute atomic E-state index is 12.4. The first kappa shape index (κ1) is 20.3. The Morgan fingerprint density at radius 3 is 2.40 bits per heavy atom. The van der Waals surface area contributed by atoms with E-state index >= 15 is 0 Å². The van der Waals surface area contributed by atoms with Crippen LogP contribution in [0.1, 0.15) is 18.6 Å². The van der Waals surface area contributed by atoms with Gasteiger partial charge in [0.25, 0.3) is 0 Å². The van der Waals surface area contributed by atoms with Crippen molar-refractivity contribution in [2.75, 3.05) is 0 Å². The van der Waals surface area contributed by atoms with Gasteiger partial charge in [-0.15, -0.1) is 10.2 Å². The van der Waals surface area contributed by atoms with Crippen LogP contribution in [-0.2, 0) is 0 Å². The number of hydrogen-bond donors (Lipinski definition) is 0. The van der Waals surface area contributed by atoms with Gasteiger partial charge in [0.1, 0.15) is 11.9 Å². The molecule has 4 rings (SSSR count). The molecule has 0 radical (unpaired) electrons. The second-order valence-corrected chi connectivity index (χ2v) is 7.11. The maximum Gasteiger partial charge on any atom is 0.387 e. The van der Waals surface area contributed by atoms with E-state index in [1.807, 2.05) is 13.0 Å². The Labute approximate surface area is 180 Å². The zero-order chi connectivity index (χ0) is 21.3. The average molecular weight is 451 g/mol. The van der Waals surface area contributed by atoms with E-state index in [0.717, 1.165) is 5.56 Å². The summed E-state index contributed by atoms with van der Waals surface area (Å²) in [5, 5.41) is 9.18. The quantitative estimate of drug-likeness (QED) is 0.369. The molecule has 154 valence electrons. The van der Waals surface area contributed by atoms with Gasteiger partial charge in [0.05, 0.1) is 22.4 Å². The third-order valence-corrected chi connectivity index (χ3v) is 5.07. The fourth-order valence-electron chi connectivity index (χ4n) is 2.89. The Bertz CT molecular complexity index is 1190. The van der Waals surface area contributed by atoms with Gasteiger partial charge in [0.2, 0.25) is 5.88 Å². The van der Waals surface area contributed by atoms with Crippen molar-refractivity contribution in [1.29, 1.82) is 0 Å². The van der Waals surface area contributed by atoms with Crippen LogP contribution < -0.4 is 9.47 Å². The third kappa shape index (κ3) is 4.15. The van der Waals surface area contributed by atoms with Crippen LogP contribution in [0.2, 0.25) is 10.0 Å². The number of fused-ring (bicyclic) bond motifs is 1. The SMILES string of the molecule is CC(Oc1cncc2nnc(-c3ccc(OC(F)F)cc3)n12)c1ccc(Cl)c(Cl)c1. The van der Waals surface area contributed by atoms with Crippen LogP contribution in [0.3, 0.4) is 0 Å². The minimum Gasteiger partial charge on any atom is -0.470 e. The Balaban J connectivity index is 1.68. The molecule has 0 spiro atoms. The van der Waals surface area contributed by atoms with E-state index in [0.29, 0.717) is 33.0 Å². The second-order valence-electron chi connectivity index (χ2n) is 6.30. The highest BCUT2D eigenvalue weighted by molar-refractivity contribution is 6.42. The predicted octanol–water partition coefficient (Wildman–Crippen LogP) is 5.84. The Morgan fingerprint density at radius 1 is 0.933 bits per heavy atom. The number of alkyl halides is 2. The molecule has 0 amide bonds. The smallest absolute Gasteiger partial charge is 0.387 e. The third-order valence-electron chi connectivity index (χ3n) is 4.33. The number of benzene rings is 2. The zero-order valence-electron chi connectivity index (χ0n) is 15.5. The molecule has 0 bridgehead atoms. The summed E-state index contributed by atoms with van der Waals surface area (Å²) in [6, 6.07) is 11.3. The molecule has 30 heavy (non-hydrogen) atoms. The fraction of sp³-hybridized carbons (Fsp3) is 0.150. The van der Waals surface area contributed by atoms with E-state index in [-0.39, 0.29) is 11.9 Å². The van der Waals surface area contributed by atoms with Gasteiger partial charge in [-0.1, -0.05) is 29.3 Å². The van der Waals surface area contributed by atoms with Crippen LogP contribution in [0.5, 0.6) is 11.6 Å². The molecule has 0 aliphatic rings.